The van der Waals surface area contributed by atoms with Crippen LogP contribution in [0.5, 0.6) is 0 Å². The second-order valence-electron chi connectivity index (χ2n) is 6.32. The van der Waals surface area contributed by atoms with E-state index in [9.17, 15) is 23.7 Å². The van der Waals surface area contributed by atoms with Crippen LogP contribution in [0, 0.1) is 0 Å². The van der Waals surface area contributed by atoms with E-state index in [0.29, 0.717) is 0 Å². The normalized spacial score (nSPS) is 29.7. The predicted molar refractivity (Wildman–Crippen MR) is 104 cm³/mol. The molecule has 0 amide bonds. The van der Waals surface area contributed by atoms with Gasteiger partial charge in [-0.3, -0.25) is 9.09 Å². The van der Waals surface area contributed by atoms with E-state index in [-0.39, 0.29) is 22.9 Å². The van der Waals surface area contributed by atoms with Crippen molar-refractivity contribution in [3.8, 4) is 0 Å². The lowest BCUT2D eigenvalue weighted by molar-refractivity contribution is -0.0473. The Morgan fingerprint density at radius 2 is 1.82 bits per heavy atom. The van der Waals surface area contributed by atoms with Crippen molar-refractivity contribution < 1.29 is 60.6 Å². The van der Waals surface area contributed by atoms with Crippen molar-refractivity contribution in [2.45, 2.75) is 23.6 Å². The maximum absolute atomic E-state index is 15.1. The molecule has 1 fully saturated rings. The molecule has 9 N–H and O–H groups in total. The molecule has 6 atom stereocenters. The van der Waals surface area contributed by atoms with Crippen LogP contribution in [0.15, 0.2) is 6.33 Å². The van der Waals surface area contributed by atoms with Gasteiger partial charge in [-0.25, -0.2) is 23.1 Å². The van der Waals surface area contributed by atoms with Crippen LogP contribution < -0.4 is 11.5 Å². The number of rotatable bonds is 8. The molecular formula is C10H15ClFN6O12P3. The number of nitrogens with zero attached hydrogens (tertiary/aromatic N) is 4. The van der Waals surface area contributed by atoms with Gasteiger partial charge in [0.2, 0.25) is 5.95 Å². The molecule has 1 saturated heterocycles. The highest BCUT2D eigenvalue weighted by atomic mass is 35.5. The lowest BCUT2D eigenvalue weighted by atomic mass is 10.1. The highest BCUT2D eigenvalue weighted by Crippen LogP contribution is 2.66. The Hall–Kier alpha value is -1.30. The number of aliphatic hydroxyl groups is 1. The van der Waals surface area contributed by atoms with Gasteiger partial charge >= 0.3 is 23.5 Å². The standard InChI is InChI=1S/C10H15ClFN6O12P3/c11-10(12)5(19)3(1-27-32(23,24)30-33(25,26)29-31(20,21)22)28-8(10)18-2-15-4-6(13)16-9(14)17-7(4)18/h2-3,5,8,19H,1H2,(H,23,24)(H,25,26)(H2,20,21,22)(H4,13,14,16,17)/t3-,5-,8-,10+/m1/s1. The summed E-state index contributed by atoms with van der Waals surface area (Å²) in [5.41, 5.74) is 11.0. The van der Waals surface area contributed by atoms with Crippen molar-refractivity contribution in [1.82, 2.24) is 19.5 Å². The Balaban J connectivity index is 1.77. The quantitative estimate of drug-likeness (QED) is 0.159. The fraction of sp³-hybridized carbons (Fsp3) is 0.500. The second-order valence-corrected chi connectivity index (χ2v) is 11.3. The van der Waals surface area contributed by atoms with Crippen LogP contribution in [0.2, 0.25) is 0 Å². The minimum atomic E-state index is -5.78. The zero-order valence-corrected chi connectivity index (χ0v) is 19.1. The van der Waals surface area contributed by atoms with Crippen LogP contribution >= 0.6 is 35.1 Å². The molecule has 2 aromatic rings. The number of aliphatic hydroxyl groups excluding tert-OH is 1. The average molecular weight is 559 g/mol. The number of phosphoric acid groups is 3. The Morgan fingerprint density at radius 1 is 1.18 bits per heavy atom. The molecule has 1 aliphatic heterocycles. The number of hydrogen-bond acceptors (Lipinski definition) is 13. The summed E-state index contributed by atoms with van der Waals surface area (Å²) in [5, 5.41) is 7.09. The first-order valence-electron chi connectivity index (χ1n) is 8.17. The number of ether oxygens (including phenoxy) is 1. The minimum Gasteiger partial charge on any atom is -0.385 e. The van der Waals surface area contributed by atoms with Gasteiger partial charge in [-0.05, 0) is 0 Å². The largest absolute Gasteiger partial charge is 0.490 e. The summed E-state index contributed by atoms with van der Waals surface area (Å²) in [7, 11) is -16.9. The second kappa shape index (κ2) is 8.73. The molecule has 2 unspecified atom stereocenters. The van der Waals surface area contributed by atoms with Crippen LogP contribution in [-0.2, 0) is 31.6 Å². The molecule has 23 heteroatoms. The molecule has 3 rings (SSSR count). The van der Waals surface area contributed by atoms with Gasteiger partial charge in [-0.15, -0.1) is 0 Å². The molecule has 186 valence electrons. The van der Waals surface area contributed by atoms with E-state index in [1.807, 2.05) is 0 Å². The van der Waals surface area contributed by atoms with E-state index < -0.39 is 53.6 Å². The number of phosphoric ester groups is 1. The molecule has 2 aromatic heterocycles. The summed E-state index contributed by atoms with van der Waals surface area (Å²) in [6, 6.07) is 0. The van der Waals surface area contributed by atoms with Crippen molar-refractivity contribution in [2.24, 2.45) is 0 Å². The molecule has 0 saturated carbocycles. The lowest BCUT2D eigenvalue weighted by Crippen LogP contribution is -2.38. The molecular weight excluding hydrogens is 544 g/mol. The maximum Gasteiger partial charge on any atom is 0.490 e. The van der Waals surface area contributed by atoms with E-state index in [1.165, 1.54) is 0 Å². The third kappa shape index (κ3) is 5.86. The Bertz CT molecular complexity index is 1210. The highest BCUT2D eigenvalue weighted by Gasteiger charge is 2.58. The minimum absolute atomic E-state index is 0.00790. The van der Waals surface area contributed by atoms with Gasteiger partial charge in [0.05, 0.1) is 12.9 Å². The summed E-state index contributed by atoms with van der Waals surface area (Å²) in [4.78, 5) is 47.0. The van der Waals surface area contributed by atoms with Crippen LogP contribution in [0.1, 0.15) is 6.23 Å². The average Bonchev–Trinajstić information content (AvgIpc) is 3.10. The molecule has 0 aliphatic carbocycles. The monoisotopic (exact) mass is 558 g/mol. The molecule has 0 spiro atoms. The van der Waals surface area contributed by atoms with Gasteiger partial charge in [0.25, 0.3) is 5.13 Å². The number of fused-ring (bicyclic) bond motifs is 1. The molecule has 33 heavy (non-hydrogen) atoms. The number of imidazole rings is 1. The fourth-order valence-corrected chi connectivity index (χ4v) is 6.03. The van der Waals surface area contributed by atoms with Crippen LogP contribution in [0.3, 0.4) is 0 Å². The number of alkyl halides is 2. The lowest BCUT2D eigenvalue weighted by Gasteiger charge is -2.22. The number of aromatic nitrogens is 4. The summed E-state index contributed by atoms with van der Waals surface area (Å²) < 4.78 is 66.5. The first kappa shape index (κ1) is 26.3. The highest BCUT2D eigenvalue weighted by molar-refractivity contribution is 7.66. The van der Waals surface area contributed by atoms with Crippen LogP contribution in [0.25, 0.3) is 11.2 Å². The van der Waals surface area contributed by atoms with Crippen molar-refractivity contribution >= 4 is 58.0 Å². The third-order valence-electron chi connectivity index (χ3n) is 3.92. The first-order valence-corrected chi connectivity index (χ1v) is 13.1. The van der Waals surface area contributed by atoms with Gasteiger partial charge in [-0.1, -0.05) is 11.6 Å². The van der Waals surface area contributed by atoms with E-state index >= 15 is 4.39 Å². The van der Waals surface area contributed by atoms with Crippen molar-refractivity contribution in [1.29, 1.82) is 0 Å². The van der Waals surface area contributed by atoms with E-state index in [1.54, 1.807) is 0 Å². The molecule has 18 nitrogen and oxygen atoms in total. The van der Waals surface area contributed by atoms with Gasteiger partial charge < -0.3 is 40.9 Å². The Morgan fingerprint density at radius 3 is 2.42 bits per heavy atom. The summed E-state index contributed by atoms with van der Waals surface area (Å²) in [5.74, 6) is -0.457. The van der Waals surface area contributed by atoms with Crippen molar-refractivity contribution in [3.63, 3.8) is 0 Å². The first-order chi connectivity index (χ1) is 14.9. The summed E-state index contributed by atoms with van der Waals surface area (Å²) >= 11 is 5.77. The number of hydrogen-bond donors (Lipinski definition) is 7. The molecule has 0 bridgehead atoms. The van der Waals surface area contributed by atoms with E-state index in [4.69, 9.17) is 42.5 Å². The molecule has 3 heterocycles. The van der Waals surface area contributed by atoms with Crippen LogP contribution in [0.4, 0.5) is 16.2 Å². The molecule has 1 aliphatic rings. The number of nitrogens with two attached hydrogens (primary N) is 2. The smallest absolute Gasteiger partial charge is 0.385 e. The SMILES string of the molecule is Nc1nc(N)c2ncn([C@@H]3O[C@H](COP(=O)(O)OP(=O)(O)OP(=O)(O)O)[C@@H](O)[C@@]3(F)Cl)c2n1. The number of anilines is 2. The maximum atomic E-state index is 15.1. The van der Waals surface area contributed by atoms with Gasteiger partial charge in [-0.2, -0.15) is 18.6 Å². The van der Waals surface area contributed by atoms with E-state index in [0.717, 1.165) is 10.9 Å². The molecule has 0 radical (unpaired) electrons. The summed E-state index contributed by atoms with van der Waals surface area (Å²) in [6.07, 6.45) is -4.86. The number of halogens is 2. The Labute approximate surface area is 186 Å². The van der Waals surface area contributed by atoms with Gasteiger partial charge in [0, 0.05) is 0 Å². The van der Waals surface area contributed by atoms with Gasteiger partial charge in [0.15, 0.2) is 17.7 Å². The van der Waals surface area contributed by atoms with Crippen molar-refractivity contribution in [3.05, 3.63) is 6.33 Å². The summed E-state index contributed by atoms with van der Waals surface area (Å²) in [6.45, 7) is -1.16. The fourth-order valence-electron chi connectivity index (χ4n) is 2.70. The van der Waals surface area contributed by atoms with Gasteiger partial charge in [0.1, 0.15) is 17.7 Å². The molecule has 0 aromatic carbocycles. The van der Waals surface area contributed by atoms with E-state index in [2.05, 4.69) is 28.1 Å². The Kier molecular flexibility index (Phi) is 6.96. The van der Waals surface area contributed by atoms with Crippen molar-refractivity contribution in [2.75, 3.05) is 18.1 Å². The predicted octanol–water partition coefficient (Wildman–Crippen LogP) is -0.503. The topological polar surface area (TPSA) is 285 Å². The zero-order valence-electron chi connectivity index (χ0n) is 15.7. The zero-order chi connectivity index (χ0) is 25.0. The van der Waals surface area contributed by atoms with Crippen LogP contribution in [-0.4, -0.2) is 68.1 Å². The number of nitrogen functional groups attached to an aromatic ring is 2. The third-order valence-corrected chi connectivity index (χ3v) is 8.13.